The second-order valence-corrected chi connectivity index (χ2v) is 13.9. The number of halogens is 4. The summed E-state index contributed by atoms with van der Waals surface area (Å²) in [6, 6.07) is 12.7. The first-order chi connectivity index (χ1) is 26.3. The Morgan fingerprint density at radius 2 is 1.22 bits per heavy atom. The fraction of sp³-hybridized carbons (Fsp3) is 0.289. The van der Waals surface area contributed by atoms with Gasteiger partial charge in [0.05, 0.1) is 11.4 Å². The molecule has 4 N–H and O–H groups in total. The maximum atomic E-state index is 14.6. The van der Waals surface area contributed by atoms with Crippen molar-refractivity contribution in [3.8, 4) is 45.0 Å². The number of aromatic amines is 2. The lowest BCUT2D eigenvalue weighted by Gasteiger charge is -2.31. The summed E-state index contributed by atoms with van der Waals surface area (Å²) in [6.45, 7) is 2.50. The van der Waals surface area contributed by atoms with Crippen LogP contribution in [0.5, 0.6) is 0 Å². The van der Waals surface area contributed by atoms with Gasteiger partial charge in [-0.15, -0.1) is 0 Å². The van der Waals surface area contributed by atoms with Gasteiger partial charge in [0.2, 0.25) is 5.91 Å². The second-order valence-electron chi connectivity index (χ2n) is 13.0. The molecule has 0 aliphatic carbocycles. The van der Waals surface area contributed by atoms with Crippen molar-refractivity contribution in [3.63, 3.8) is 0 Å². The predicted octanol–water partition coefficient (Wildman–Crippen LogP) is 6.82. The summed E-state index contributed by atoms with van der Waals surface area (Å²) < 4.78 is 29.1. The van der Waals surface area contributed by atoms with Crippen molar-refractivity contribution < 1.29 is 18.7 Å². The number of carbonyl (C=O) groups excluding carboxylic acids is 1. The number of aliphatic hydroxyl groups is 1. The van der Waals surface area contributed by atoms with Crippen molar-refractivity contribution in [2.24, 2.45) is 0 Å². The molecule has 1 amide bonds. The minimum atomic E-state index is -0.485. The Morgan fingerprint density at radius 3 is 1.65 bits per heavy atom. The lowest BCUT2D eigenvalue weighted by atomic mass is 9.88. The van der Waals surface area contributed by atoms with Gasteiger partial charge in [0.25, 0.3) is 0 Å². The zero-order chi connectivity index (χ0) is 37.6. The summed E-state index contributed by atoms with van der Waals surface area (Å²) in [7, 11) is 0. The van der Waals surface area contributed by atoms with Crippen LogP contribution in [-0.2, 0) is 4.79 Å². The molecule has 0 atom stereocenters. The smallest absolute Gasteiger partial charge is 0.248 e. The van der Waals surface area contributed by atoms with Crippen molar-refractivity contribution >= 4 is 29.1 Å². The number of benzene rings is 2. The molecule has 0 unspecified atom stereocenters. The van der Waals surface area contributed by atoms with Gasteiger partial charge >= 0.3 is 0 Å². The number of likely N-dealkylation sites (tertiary alicyclic amines) is 1. The van der Waals surface area contributed by atoms with E-state index in [-0.39, 0.29) is 11.8 Å². The highest BCUT2D eigenvalue weighted by atomic mass is 35.5. The van der Waals surface area contributed by atoms with E-state index in [1.54, 1.807) is 47.6 Å². The van der Waals surface area contributed by atoms with Gasteiger partial charge in [-0.05, 0) is 87.3 Å². The molecule has 0 spiro atoms. The van der Waals surface area contributed by atoms with Gasteiger partial charge in [0.1, 0.15) is 42.3 Å². The molecule has 2 aliphatic rings. The summed E-state index contributed by atoms with van der Waals surface area (Å²) >= 11 is 11.8. The van der Waals surface area contributed by atoms with Crippen LogP contribution in [0.3, 0.4) is 0 Å². The van der Waals surface area contributed by atoms with Crippen LogP contribution in [0.2, 0.25) is 10.0 Å². The first-order valence-corrected chi connectivity index (χ1v) is 18.3. The molecule has 0 saturated carbocycles. The summed E-state index contributed by atoms with van der Waals surface area (Å²) in [5.41, 5.74) is 6.56. The molecule has 4 aromatic heterocycles. The molecule has 16 heteroatoms. The zero-order valence-electron chi connectivity index (χ0n) is 28.9. The van der Waals surface area contributed by atoms with Crippen LogP contribution in [0, 0.1) is 11.6 Å². The molecule has 2 saturated heterocycles. The molecule has 6 aromatic rings. The highest BCUT2D eigenvalue weighted by molar-refractivity contribution is 6.31. The number of piperidine rings is 2. The Hall–Kier alpha value is -5.15. The number of H-pyrrole nitrogens is 2. The van der Waals surface area contributed by atoms with Crippen LogP contribution in [-0.4, -0.2) is 89.0 Å². The van der Waals surface area contributed by atoms with E-state index in [1.807, 2.05) is 6.07 Å². The van der Waals surface area contributed by atoms with E-state index < -0.39 is 18.2 Å². The van der Waals surface area contributed by atoms with Gasteiger partial charge in [0.15, 0.2) is 0 Å². The fourth-order valence-electron chi connectivity index (χ4n) is 7.08. The highest BCUT2D eigenvalue weighted by Gasteiger charge is 2.30. The molecule has 2 aliphatic heterocycles. The van der Waals surface area contributed by atoms with Gasteiger partial charge in [-0.1, -0.05) is 23.2 Å². The van der Waals surface area contributed by atoms with Crippen molar-refractivity contribution in [1.29, 1.82) is 0 Å². The number of rotatable bonds is 7. The summed E-state index contributed by atoms with van der Waals surface area (Å²) in [4.78, 5) is 30.1. The molecule has 54 heavy (non-hydrogen) atoms. The molecule has 0 bridgehead atoms. The fourth-order valence-corrected chi connectivity index (χ4v) is 7.40. The third-order valence-electron chi connectivity index (χ3n) is 9.78. The van der Waals surface area contributed by atoms with E-state index in [9.17, 15) is 13.6 Å². The van der Waals surface area contributed by atoms with Gasteiger partial charge in [-0.3, -0.25) is 15.0 Å². The number of hydrogen-bond acceptors (Lipinski definition) is 9. The van der Waals surface area contributed by atoms with E-state index in [0.717, 1.165) is 54.1 Å². The minimum Gasteiger partial charge on any atom is -0.387 e. The Morgan fingerprint density at radius 1 is 0.741 bits per heavy atom. The van der Waals surface area contributed by atoms with Crippen molar-refractivity contribution in [3.05, 3.63) is 107 Å². The zero-order valence-corrected chi connectivity index (χ0v) is 30.5. The first kappa shape index (κ1) is 37.2. The van der Waals surface area contributed by atoms with Crippen LogP contribution in [0.4, 0.5) is 8.78 Å². The maximum Gasteiger partial charge on any atom is 0.248 e. The van der Waals surface area contributed by atoms with Gasteiger partial charge in [-0.2, -0.15) is 10.2 Å². The van der Waals surface area contributed by atoms with Crippen LogP contribution in [0.1, 0.15) is 48.9 Å². The molecule has 0 radical (unpaired) electrons. The largest absolute Gasteiger partial charge is 0.387 e. The molecule has 2 fully saturated rings. The van der Waals surface area contributed by atoms with Crippen LogP contribution in [0.15, 0.2) is 73.6 Å². The molecule has 278 valence electrons. The Balaban J connectivity index is 0.000000168. The Bertz CT molecular complexity index is 2210. The molecular formula is C38H36Cl2F2N10O2. The van der Waals surface area contributed by atoms with Crippen molar-refractivity contribution in [2.45, 2.75) is 37.5 Å². The summed E-state index contributed by atoms with van der Waals surface area (Å²) in [5.74, 6) is -0.699. The quantitative estimate of drug-likeness (QED) is 0.137. The average molecular weight is 774 g/mol. The topological polar surface area (TPSA) is 161 Å². The number of hydrogen-bond donors (Lipinski definition) is 4. The maximum absolute atomic E-state index is 14.6. The summed E-state index contributed by atoms with van der Waals surface area (Å²) in [5, 5.41) is 28.2. The van der Waals surface area contributed by atoms with Crippen molar-refractivity contribution in [2.75, 3.05) is 32.8 Å². The average Bonchev–Trinajstić information content (AvgIpc) is 3.85. The monoisotopic (exact) mass is 772 g/mol. The van der Waals surface area contributed by atoms with E-state index >= 15 is 0 Å². The van der Waals surface area contributed by atoms with Crippen molar-refractivity contribution in [1.82, 2.24) is 50.5 Å². The molecule has 2 aromatic carbocycles. The van der Waals surface area contributed by atoms with Crippen LogP contribution in [0.25, 0.3) is 45.0 Å². The number of nitrogens with zero attached hydrogens (tertiary/aromatic N) is 7. The molecule has 6 heterocycles. The Labute approximate surface area is 319 Å². The van der Waals surface area contributed by atoms with E-state index in [0.29, 0.717) is 70.1 Å². The lowest BCUT2D eigenvalue weighted by Crippen LogP contribution is -2.39. The highest BCUT2D eigenvalue weighted by Crippen LogP contribution is 2.41. The van der Waals surface area contributed by atoms with Gasteiger partial charge in [0, 0.05) is 81.0 Å². The van der Waals surface area contributed by atoms with E-state index in [1.165, 1.54) is 24.8 Å². The predicted molar refractivity (Wildman–Crippen MR) is 201 cm³/mol. The van der Waals surface area contributed by atoms with E-state index in [4.69, 9.17) is 28.3 Å². The summed E-state index contributed by atoms with van der Waals surface area (Å²) in [6.07, 6.45) is 9.66. The molecule has 12 nitrogen and oxygen atoms in total. The number of nitrogens with one attached hydrogen (secondary N) is 3. The number of carbonyl (C=O) groups is 1. The SMILES string of the molecule is Fc1cc(Cl)ccc1-c1n[nH]c(C2CCNCC2)c1-c1ccncn1.O=C(CO)N1CCC(c2[nH]nc(-c3ccc(Cl)cc3F)c2-c2ccncn2)CC1. The van der Waals surface area contributed by atoms with Gasteiger partial charge in [-0.25, -0.2) is 28.7 Å². The van der Waals surface area contributed by atoms with Crippen LogP contribution < -0.4 is 5.32 Å². The first-order valence-electron chi connectivity index (χ1n) is 17.5. The standard InChI is InChI=1S/C20H19ClFN5O2.C18H17ClFN5/c21-13-1-2-14(15(22)9-13)20-18(16-3-6-23-11-24-16)19(25-26-20)12-4-7-27(8-5-12)17(29)10-28;19-12-1-2-13(14(20)9-12)18-16(15-5-8-22-10-23-15)17(24-25-18)11-3-6-21-7-4-11/h1-3,6,9,11-12,28H,4-5,7-8,10H2,(H,25,26);1-2,5,8-11,21H,3-4,6-7H2,(H,24,25). The van der Waals surface area contributed by atoms with E-state index in [2.05, 4.69) is 45.6 Å². The number of aliphatic hydroxyl groups excluding tert-OH is 1. The number of aromatic nitrogens is 8. The lowest BCUT2D eigenvalue weighted by molar-refractivity contribution is -0.135. The van der Waals surface area contributed by atoms with Crippen LogP contribution >= 0.6 is 23.2 Å². The second kappa shape index (κ2) is 16.9. The third-order valence-corrected chi connectivity index (χ3v) is 10.2. The Kier molecular flexibility index (Phi) is 11.6. The number of amides is 1. The van der Waals surface area contributed by atoms with Gasteiger partial charge < -0.3 is 15.3 Å². The molecular weight excluding hydrogens is 737 g/mol. The third kappa shape index (κ3) is 8.02. The molecule has 8 rings (SSSR count). The normalized spacial score (nSPS) is 15.2. The minimum absolute atomic E-state index is 0.0966.